The molecule has 2 amide bonds. The summed E-state index contributed by atoms with van der Waals surface area (Å²) in [6.07, 6.45) is 14.9. The lowest BCUT2D eigenvalue weighted by molar-refractivity contribution is 0.251. The van der Waals surface area contributed by atoms with Crippen LogP contribution in [-0.4, -0.2) is 24.5 Å². The maximum absolute atomic E-state index is 11.2. The minimum absolute atomic E-state index is 0.410. The Morgan fingerprint density at radius 1 is 0.957 bits per heavy atom. The molecule has 0 atom stereocenters. The molecular weight excluding hydrogens is 288 g/mol. The molecule has 2 N–H and O–H groups in total. The monoisotopic (exact) mass is 310 g/mol. The van der Waals surface area contributed by atoms with Gasteiger partial charge in [0.25, 0.3) is 0 Å². The number of allylic oxidation sites excluding steroid dienone is 9. The predicted octanol–water partition coefficient (Wildman–Crippen LogP) is 3.45. The van der Waals surface area contributed by atoms with Crippen LogP contribution in [0, 0.1) is 0 Å². The highest BCUT2D eigenvalue weighted by atomic mass is 16.2. The Kier molecular flexibility index (Phi) is 10.8. The maximum Gasteiger partial charge on any atom is 0.341 e. The van der Waals surface area contributed by atoms with Crippen molar-refractivity contribution in [3.63, 3.8) is 0 Å². The number of rotatable bonds is 9. The summed E-state index contributed by atoms with van der Waals surface area (Å²) in [4.78, 5) is 15.0. The van der Waals surface area contributed by atoms with Gasteiger partial charge in [0, 0.05) is 7.05 Å². The summed E-state index contributed by atoms with van der Waals surface area (Å²) in [6.45, 7) is 14.5. The molecular formula is C18H22N4O. The number of hydrogen-bond donors (Lipinski definition) is 2. The number of hydrazone groups is 1. The van der Waals surface area contributed by atoms with Gasteiger partial charge in [-0.2, -0.15) is 10.1 Å². The van der Waals surface area contributed by atoms with Gasteiger partial charge in [0.2, 0.25) is 0 Å². The summed E-state index contributed by atoms with van der Waals surface area (Å²) in [6, 6.07) is -0.453. The fourth-order valence-corrected chi connectivity index (χ4v) is 1.20. The van der Waals surface area contributed by atoms with Crippen molar-refractivity contribution < 1.29 is 4.79 Å². The summed E-state index contributed by atoms with van der Waals surface area (Å²) < 4.78 is 0. The first-order valence-electron chi connectivity index (χ1n) is 6.80. The van der Waals surface area contributed by atoms with Crippen LogP contribution in [-0.2, 0) is 0 Å². The first-order valence-corrected chi connectivity index (χ1v) is 6.80. The van der Waals surface area contributed by atoms with E-state index in [4.69, 9.17) is 0 Å². The first kappa shape index (κ1) is 19.8. The van der Waals surface area contributed by atoms with E-state index in [0.29, 0.717) is 11.4 Å². The van der Waals surface area contributed by atoms with Crippen LogP contribution in [0.25, 0.3) is 0 Å². The topological polar surface area (TPSA) is 65.8 Å². The molecule has 0 aliphatic heterocycles. The molecule has 0 aromatic carbocycles. The van der Waals surface area contributed by atoms with Crippen molar-refractivity contribution in [3.05, 3.63) is 86.7 Å². The number of nitrogens with zero attached hydrogens (tertiary/aromatic N) is 2. The van der Waals surface area contributed by atoms with Crippen molar-refractivity contribution in [2.75, 3.05) is 7.05 Å². The molecule has 5 nitrogen and oxygen atoms in total. The van der Waals surface area contributed by atoms with E-state index in [9.17, 15) is 4.79 Å². The quantitative estimate of drug-likeness (QED) is 0.389. The zero-order valence-electron chi connectivity index (χ0n) is 13.3. The second-order valence-electron chi connectivity index (χ2n) is 3.93. The number of carbonyl (C=O) groups excluding carboxylic acids is 1. The molecule has 0 aromatic heterocycles. The molecule has 0 heterocycles. The van der Waals surface area contributed by atoms with Gasteiger partial charge in [0.05, 0.1) is 17.1 Å². The first-order chi connectivity index (χ1) is 11.1. The molecule has 0 unspecified atom stereocenters. The molecule has 0 aliphatic rings. The van der Waals surface area contributed by atoms with Crippen molar-refractivity contribution in [3.8, 4) is 0 Å². The molecule has 0 rings (SSSR count). The van der Waals surface area contributed by atoms with Crippen LogP contribution in [0.1, 0.15) is 0 Å². The van der Waals surface area contributed by atoms with Crippen LogP contribution in [0.4, 0.5) is 4.79 Å². The second-order valence-corrected chi connectivity index (χ2v) is 3.93. The van der Waals surface area contributed by atoms with Crippen molar-refractivity contribution in [1.82, 2.24) is 10.7 Å². The Morgan fingerprint density at radius 2 is 1.61 bits per heavy atom. The molecule has 120 valence electrons. The fraction of sp³-hybridized carbons (Fsp3) is 0.0556. The zero-order valence-corrected chi connectivity index (χ0v) is 13.3. The minimum Gasteiger partial charge on any atom is -0.339 e. The van der Waals surface area contributed by atoms with Crippen molar-refractivity contribution >= 4 is 17.5 Å². The van der Waals surface area contributed by atoms with Crippen molar-refractivity contribution in [2.24, 2.45) is 10.1 Å². The molecule has 0 radical (unpaired) electrons. The van der Waals surface area contributed by atoms with Crippen LogP contribution in [0.5, 0.6) is 0 Å². The Morgan fingerprint density at radius 3 is 2.13 bits per heavy atom. The molecule has 0 saturated carbocycles. The van der Waals surface area contributed by atoms with E-state index in [0.717, 1.165) is 5.70 Å². The average Bonchev–Trinajstić information content (AvgIpc) is 2.57. The van der Waals surface area contributed by atoms with Crippen molar-refractivity contribution in [2.45, 2.75) is 0 Å². The Bertz CT molecular complexity index is 605. The summed E-state index contributed by atoms with van der Waals surface area (Å²) in [5.74, 6) is 0. The van der Waals surface area contributed by atoms with Crippen LogP contribution in [0.15, 0.2) is 96.8 Å². The van der Waals surface area contributed by atoms with Gasteiger partial charge < -0.3 is 5.32 Å². The molecule has 5 heteroatoms. The molecule has 0 fully saturated rings. The number of hydrogen-bond acceptors (Lipinski definition) is 3. The fourth-order valence-electron chi connectivity index (χ4n) is 1.20. The van der Waals surface area contributed by atoms with Crippen LogP contribution < -0.4 is 10.7 Å². The van der Waals surface area contributed by atoms with Gasteiger partial charge in [-0.05, 0) is 36.5 Å². The SMILES string of the molecule is C=C/C=C\C(=C/C=C)NN=C(C=C)C=CC(C=C)=NC(=O)NC. The van der Waals surface area contributed by atoms with Gasteiger partial charge in [-0.25, -0.2) is 4.79 Å². The number of nitrogens with one attached hydrogen (secondary N) is 2. The van der Waals surface area contributed by atoms with E-state index >= 15 is 0 Å². The minimum atomic E-state index is -0.453. The standard InChI is InChI=1S/C18H22N4O/c1-6-10-12-17(11-7-2)22-21-16(9-4)14-13-15(8-3)20-18(23)19-5/h6-14,22H,1-4H2,5H3,(H,19,23)/b12-10-,14-13?,17-11+,20-15?,21-16?. The van der Waals surface area contributed by atoms with E-state index < -0.39 is 6.03 Å². The normalized spacial score (nSPS) is 13.0. The van der Waals surface area contributed by atoms with Crippen LogP contribution in [0.3, 0.4) is 0 Å². The molecule has 0 bridgehead atoms. The van der Waals surface area contributed by atoms with Crippen LogP contribution >= 0.6 is 0 Å². The van der Waals surface area contributed by atoms with Crippen molar-refractivity contribution in [1.29, 1.82) is 0 Å². The number of urea groups is 1. The Hall–Kier alpha value is -3.21. The highest BCUT2D eigenvalue weighted by Crippen LogP contribution is 1.95. The number of aliphatic imine (C=N–C) groups is 1. The number of carbonyl (C=O) groups is 1. The highest BCUT2D eigenvalue weighted by Gasteiger charge is 1.95. The lowest BCUT2D eigenvalue weighted by Crippen LogP contribution is -2.14. The van der Waals surface area contributed by atoms with Gasteiger partial charge in [-0.15, -0.1) is 0 Å². The van der Waals surface area contributed by atoms with E-state index in [2.05, 4.69) is 47.2 Å². The molecule has 0 spiro atoms. The third-order valence-electron chi connectivity index (χ3n) is 2.31. The smallest absolute Gasteiger partial charge is 0.339 e. The number of amides is 2. The Balaban J connectivity index is 5.16. The largest absolute Gasteiger partial charge is 0.341 e. The molecule has 0 aromatic rings. The highest BCUT2D eigenvalue weighted by molar-refractivity contribution is 6.13. The lowest BCUT2D eigenvalue weighted by atomic mass is 10.2. The van der Waals surface area contributed by atoms with Gasteiger partial charge in [0.1, 0.15) is 0 Å². The van der Waals surface area contributed by atoms with Gasteiger partial charge in [-0.3, -0.25) is 5.43 Å². The van der Waals surface area contributed by atoms with Gasteiger partial charge in [-0.1, -0.05) is 44.5 Å². The molecule has 23 heavy (non-hydrogen) atoms. The maximum atomic E-state index is 11.2. The van der Waals surface area contributed by atoms with E-state index in [1.165, 1.54) is 13.1 Å². The summed E-state index contributed by atoms with van der Waals surface area (Å²) >= 11 is 0. The van der Waals surface area contributed by atoms with E-state index in [1.807, 2.05) is 0 Å². The molecule has 0 aliphatic carbocycles. The predicted molar refractivity (Wildman–Crippen MR) is 99.6 cm³/mol. The van der Waals surface area contributed by atoms with Crippen LogP contribution in [0.2, 0.25) is 0 Å². The van der Waals surface area contributed by atoms with E-state index in [1.54, 1.807) is 48.6 Å². The van der Waals surface area contributed by atoms with Gasteiger partial charge in [0.15, 0.2) is 0 Å². The zero-order chi connectivity index (χ0) is 17.5. The summed E-state index contributed by atoms with van der Waals surface area (Å²) in [5.41, 5.74) is 4.57. The Labute approximate surface area is 137 Å². The van der Waals surface area contributed by atoms with E-state index in [-0.39, 0.29) is 0 Å². The second kappa shape index (κ2) is 12.5. The third-order valence-corrected chi connectivity index (χ3v) is 2.31. The average molecular weight is 310 g/mol. The third kappa shape index (κ3) is 9.36. The summed E-state index contributed by atoms with van der Waals surface area (Å²) in [7, 11) is 1.50. The molecule has 0 saturated heterocycles. The van der Waals surface area contributed by atoms with Gasteiger partial charge >= 0.3 is 6.03 Å². The summed E-state index contributed by atoms with van der Waals surface area (Å²) in [5, 5.41) is 6.59. The lowest BCUT2D eigenvalue weighted by Gasteiger charge is -2.01.